The molecule has 1 N–H and O–H groups in total. The first-order valence-corrected chi connectivity index (χ1v) is 9.78. The molecule has 1 fully saturated rings. The maximum absolute atomic E-state index is 13.1. The molecule has 1 aromatic rings. The lowest BCUT2D eigenvalue weighted by Gasteiger charge is -2.20. The number of fused-ring (bicyclic) bond motifs is 2. The summed E-state index contributed by atoms with van der Waals surface area (Å²) in [5.74, 6) is 1.53. The van der Waals surface area contributed by atoms with Crippen molar-refractivity contribution >= 4 is 11.6 Å². The van der Waals surface area contributed by atoms with Crippen LogP contribution in [0.3, 0.4) is 0 Å². The van der Waals surface area contributed by atoms with Gasteiger partial charge in [0.2, 0.25) is 12.7 Å². The van der Waals surface area contributed by atoms with E-state index in [9.17, 15) is 4.79 Å². The Morgan fingerprint density at radius 1 is 1.14 bits per heavy atom. The molecule has 0 spiro atoms. The van der Waals surface area contributed by atoms with E-state index in [1.807, 2.05) is 30.4 Å². The SMILES string of the molecule is CC(C)(C)C1=NC2=CC=C(NC(=O)C3(c4ccc5c(c4)OCO5)CC3)CC2=C1. The highest BCUT2D eigenvalue weighted by Gasteiger charge is 2.52. The summed E-state index contributed by atoms with van der Waals surface area (Å²) < 4.78 is 10.9. The van der Waals surface area contributed by atoms with Crippen molar-refractivity contribution in [3.63, 3.8) is 0 Å². The number of nitrogens with zero attached hydrogens (tertiary/aromatic N) is 1. The van der Waals surface area contributed by atoms with Gasteiger partial charge in [-0.05, 0) is 54.3 Å². The van der Waals surface area contributed by atoms with E-state index in [2.05, 4.69) is 32.2 Å². The van der Waals surface area contributed by atoms with Crippen LogP contribution in [0.2, 0.25) is 0 Å². The van der Waals surface area contributed by atoms with Crippen LogP contribution in [0.4, 0.5) is 0 Å². The first-order valence-electron chi connectivity index (χ1n) is 9.78. The second-order valence-corrected chi connectivity index (χ2v) is 8.94. The fourth-order valence-corrected chi connectivity index (χ4v) is 3.90. The third-order valence-corrected chi connectivity index (χ3v) is 5.86. The molecular weight excluding hydrogens is 352 g/mol. The van der Waals surface area contributed by atoms with Gasteiger partial charge in [0.15, 0.2) is 11.5 Å². The average Bonchev–Trinajstić information content (AvgIpc) is 3.13. The van der Waals surface area contributed by atoms with E-state index in [0.717, 1.165) is 47.0 Å². The number of carbonyl (C=O) groups is 1. The Morgan fingerprint density at radius 3 is 2.68 bits per heavy atom. The van der Waals surface area contributed by atoms with Crippen molar-refractivity contribution in [2.75, 3.05) is 6.79 Å². The van der Waals surface area contributed by atoms with Crippen LogP contribution in [0.5, 0.6) is 11.5 Å². The Bertz CT molecular complexity index is 1000. The maximum Gasteiger partial charge on any atom is 0.234 e. The first-order chi connectivity index (χ1) is 13.3. The van der Waals surface area contributed by atoms with Gasteiger partial charge in [-0.3, -0.25) is 9.79 Å². The molecule has 28 heavy (non-hydrogen) atoms. The topological polar surface area (TPSA) is 59.9 Å². The zero-order chi connectivity index (χ0) is 19.5. The molecule has 1 amide bonds. The van der Waals surface area contributed by atoms with Gasteiger partial charge in [0.25, 0.3) is 0 Å². The molecule has 5 rings (SSSR count). The molecule has 2 aliphatic heterocycles. The number of ether oxygens (including phenoxy) is 2. The summed E-state index contributed by atoms with van der Waals surface area (Å²) in [5, 5.41) is 3.17. The van der Waals surface area contributed by atoms with Crippen LogP contribution in [-0.2, 0) is 10.2 Å². The molecule has 5 nitrogen and oxygen atoms in total. The summed E-state index contributed by atoms with van der Waals surface area (Å²) in [4.78, 5) is 17.9. The fraction of sp³-hybridized carbons (Fsp3) is 0.391. The van der Waals surface area contributed by atoms with Crippen LogP contribution < -0.4 is 14.8 Å². The quantitative estimate of drug-likeness (QED) is 0.862. The number of aliphatic imine (C=N–C) groups is 1. The second-order valence-electron chi connectivity index (χ2n) is 8.94. The molecule has 2 heterocycles. The van der Waals surface area contributed by atoms with E-state index in [1.54, 1.807) is 0 Å². The Labute approximate surface area is 164 Å². The van der Waals surface area contributed by atoms with E-state index < -0.39 is 5.41 Å². The Kier molecular flexibility index (Phi) is 3.60. The van der Waals surface area contributed by atoms with Crippen molar-refractivity contribution in [3.8, 4) is 11.5 Å². The number of hydrogen-bond donors (Lipinski definition) is 1. The molecular formula is C23H24N2O3. The van der Waals surface area contributed by atoms with Crippen molar-refractivity contribution in [2.45, 2.75) is 45.4 Å². The molecule has 2 aliphatic carbocycles. The number of allylic oxidation sites excluding steroid dienone is 5. The second kappa shape index (κ2) is 5.84. The number of carbonyl (C=O) groups excluding carboxylic acids is 1. The van der Waals surface area contributed by atoms with Crippen LogP contribution in [-0.4, -0.2) is 18.4 Å². The lowest BCUT2D eigenvalue weighted by Crippen LogP contribution is -2.34. The Hall–Kier alpha value is -2.82. The van der Waals surface area contributed by atoms with Crippen LogP contribution >= 0.6 is 0 Å². The fourth-order valence-electron chi connectivity index (χ4n) is 3.90. The Balaban J connectivity index is 1.32. The van der Waals surface area contributed by atoms with Crippen molar-refractivity contribution in [2.24, 2.45) is 10.4 Å². The summed E-state index contributed by atoms with van der Waals surface area (Å²) in [6.07, 6.45) is 8.56. The van der Waals surface area contributed by atoms with Crippen molar-refractivity contribution in [1.29, 1.82) is 0 Å². The average molecular weight is 376 g/mol. The van der Waals surface area contributed by atoms with Crippen LogP contribution in [0.1, 0.15) is 45.6 Å². The number of amides is 1. The summed E-state index contributed by atoms with van der Waals surface area (Å²) >= 11 is 0. The molecule has 144 valence electrons. The molecule has 1 aromatic carbocycles. The van der Waals surface area contributed by atoms with Gasteiger partial charge in [0.05, 0.1) is 11.1 Å². The Morgan fingerprint density at radius 2 is 1.93 bits per heavy atom. The van der Waals surface area contributed by atoms with Crippen molar-refractivity contribution in [1.82, 2.24) is 5.32 Å². The summed E-state index contributed by atoms with van der Waals surface area (Å²) in [7, 11) is 0. The van der Waals surface area contributed by atoms with Gasteiger partial charge in [0, 0.05) is 23.2 Å². The van der Waals surface area contributed by atoms with Gasteiger partial charge < -0.3 is 14.8 Å². The highest BCUT2D eigenvalue weighted by molar-refractivity contribution is 6.03. The summed E-state index contributed by atoms with van der Waals surface area (Å²) in [6, 6.07) is 5.83. The monoisotopic (exact) mass is 376 g/mol. The molecule has 0 unspecified atom stereocenters. The number of nitrogens with one attached hydrogen (secondary N) is 1. The lowest BCUT2D eigenvalue weighted by molar-refractivity contribution is -0.122. The minimum absolute atomic E-state index is 0.0199. The van der Waals surface area contributed by atoms with Crippen LogP contribution in [0.25, 0.3) is 0 Å². The zero-order valence-corrected chi connectivity index (χ0v) is 16.5. The minimum Gasteiger partial charge on any atom is -0.454 e. The third kappa shape index (κ3) is 2.77. The lowest BCUT2D eigenvalue weighted by atomic mass is 9.89. The molecule has 0 bridgehead atoms. The smallest absolute Gasteiger partial charge is 0.234 e. The molecule has 5 heteroatoms. The predicted molar refractivity (Wildman–Crippen MR) is 107 cm³/mol. The minimum atomic E-state index is -0.455. The first kappa shape index (κ1) is 17.3. The van der Waals surface area contributed by atoms with Gasteiger partial charge in [-0.1, -0.05) is 26.8 Å². The van der Waals surface area contributed by atoms with E-state index in [1.165, 1.54) is 5.57 Å². The largest absolute Gasteiger partial charge is 0.454 e. The summed E-state index contributed by atoms with van der Waals surface area (Å²) in [5.41, 5.74) is 4.77. The van der Waals surface area contributed by atoms with Crippen LogP contribution in [0, 0.1) is 5.41 Å². The third-order valence-electron chi connectivity index (χ3n) is 5.86. The number of benzene rings is 1. The summed E-state index contributed by atoms with van der Waals surface area (Å²) in [6.45, 7) is 6.74. The normalized spacial score (nSPS) is 21.2. The van der Waals surface area contributed by atoms with Crippen molar-refractivity contribution in [3.05, 3.63) is 59.0 Å². The van der Waals surface area contributed by atoms with E-state index in [0.29, 0.717) is 6.42 Å². The van der Waals surface area contributed by atoms with Gasteiger partial charge in [-0.25, -0.2) is 0 Å². The molecule has 0 atom stereocenters. The molecule has 0 radical (unpaired) electrons. The zero-order valence-electron chi connectivity index (χ0n) is 16.5. The molecule has 0 aromatic heterocycles. The number of hydrogen-bond acceptors (Lipinski definition) is 4. The van der Waals surface area contributed by atoms with Gasteiger partial charge in [0.1, 0.15) is 0 Å². The van der Waals surface area contributed by atoms with E-state index in [-0.39, 0.29) is 18.1 Å². The maximum atomic E-state index is 13.1. The highest BCUT2D eigenvalue weighted by Crippen LogP contribution is 2.51. The van der Waals surface area contributed by atoms with Gasteiger partial charge in [-0.2, -0.15) is 0 Å². The van der Waals surface area contributed by atoms with Crippen molar-refractivity contribution < 1.29 is 14.3 Å². The number of rotatable bonds is 3. The van der Waals surface area contributed by atoms with Crippen LogP contribution in [0.15, 0.2) is 58.4 Å². The predicted octanol–water partition coefficient (Wildman–Crippen LogP) is 4.16. The standard InChI is InChI=1S/C23H24N2O3/c1-22(2,3)20-11-14-10-16(5-6-17(14)25-20)24-21(26)23(8-9-23)15-4-7-18-19(12-15)28-13-27-18/h4-7,11-12H,8-10,13H2,1-3H3,(H,24,26). The van der Waals surface area contributed by atoms with Gasteiger partial charge >= 0.3 is 0 Å². The van der Waals surface area contributed by atoms with Gasteiger partial charge in [-0.15, -0.1) is 0 Å². The van der Waals surface area contributed by atoms with E-state index in [4.69, 9.17) is 14.5 Å². The van der Waals surface area contributed by atoms with E-state index >= 15 is 0 Å². The molecule has 0 saturated heterocycles. The molecule has 1 saturated carbocycles. The highest BCUT2D eigenvalue weighted by atomic mass is 16.7. The molecule has 4 aliphatic rings.